The van der Waals surface area contributed by atoms with E-state index in [4.69, 9.17) is 5.73 Å². The molecule has 0 saturated carbocycles. The van der Waals surface area contributed by atoms with Gasteiger partial charge in [-0.25, -0.2) is 9.37 Å². The van der Waals surface area contributed by atoms with E-state index in [9.17, 15) is 4.39 Å². The molecule has 0 aliphatic carbocycles. The maximum absolute atomic E-state index is 13.0. The maximum Gasteiger partial charge on any atom is 0.123 e. The van der Waals surface area contributed by atoms with Gasteiger partial charge in [-0.1, -0.05) is 19.1 Å². The fourth-order valence-corrected chi connectivity index (χ4v) is 2.25. The number of aromatic nitrogens is 2. The number of imidazole rings is 1. The van der Waals surface area contributed by atoms with Crippen molar-refractivity contribution in [2.75, 3.05) is 0 Å². The molecule has 0 aliphatic heterocycles. The van der Waals surface area contributed by atoms with Crippen LogP contribution < -0.4 is 5.73 Å². The second-order valence-corrected chi connectivity index (χ2v) is 4.46. The van der Waals surface area contributed by atoms with Gasteiger partial charge in [-0.05, 0) is 24.6 Å². The number of nitrogens with two attached hydrogens (primary N) is 1. The molecule has 0 spiro atoms. The molecule has 0 radical (unpaired) electrons. The topological polar surface area (TPSA) is 43.8 Å². The third kappa shape index (κ3) is 2.43. The second-order valence-electron chi connectivity index (χ2n) is 4.46. The molecule has 0 bridgehead atoms. The van der Waals surface area contributed by atoms with E-state index in [-0.39, 0.29) is 17.9 Å². The van der Waals surface area contributed by atoms with Gasteiger partial charge in [0.2, 0.25) is 0 Å². The number of hydrogen-bond donors (Lipinski definition) is 1. The summed E-state index contributed by atoms with van der Waals surface area (Å²) in [6.45, 7) is 4.01. The highest BCUT2D eigenvalue weighted by atomic mass is 19.1. The molecule has 3 nitrogen and oxygen atoms in total. The van der Waals surface area contributed by atoms with Crippen molar-refractivity contribution in [2.45, 2.75) is 32.4 Å². The number of hydrogen-bond acceptors (Lipinski definition) is 2. The third-order valence-corrected chi connectivity index (χ3v) is 3.07. The minimum absolute atomic E-state index is 0.0111. The molecule has 2 unspecified atom stereocenters. The first-order chi connectivity index (χ1) is 8.63. The van der Waals surface area contributed by atoms with Crippen LogP contribution in [0, 0.1) is 5.82 Å². The highest BCUT2D eigenvalue weighted by molar-refractivity contribution is 5.23. The molecule has 1 aromatic carbocycles. The van der Waals surface area contributed by atoms with Crippen LogP contribution in [0.15, 0.2) is 36.7 Å². The Labute approximate surface area is 106 Å². The molecule has 96 valence electrons. The van der Waals surface area contributed by atoms with E-state index in [0.717, 1.165) is 17.8 Å². The van der Waals surface area contributed by atoms with Crippen LogP contribution in [0.4, 0.5) is 4.39 Å². The van der Waals surface area contributed by atoms with Crippen molar-refractivity contribution in [3.05, 3.63) is 53.9 Å². The van der Waals surface area contributed by atoms with Gasteiger partial charge in [0.25, 0.3) is 0 Å². The van der Waals surface area contributed by atoms with Crippen molar-refractivity contribution in [1.82, 2.24) is 9.55 Å². The average Bonchev–Trinajstić information content (AvgIpc) is 2.79. The Morgan fingerprint density at radius 2 is 2.00 bits per heavy atom. The fraction of sp³-hybridized carbons (Fsp3) is 0.357. The van der Waals surface area contributed by atoms with Crippen molar-refractivity contribution in [2.24, 2.45) is 5.73 Å². The Morgan fingerprint density at radius 3 is 2.56 bits per heavy atom. The standard InChI is InChI=1S/C14H18FN3/c1-3-13-17-8-9-18(13)14(10(2)16)11-4-6-12(15)7-5-11/h4-10,14H,3,16H2,1-2H3. The van der Waals surface area contributed by atoms with Crippen LogP contribution in [0.25, 0.3) is 0 Å². The predicted octanol–water partition coefficient (Wildman–Crippen LogP) is 2.52. The van der Waals surface area contributed by atoms with E-state index in [1.54, 1.807) is 18.3 Å². The van der Waals surface area contributed by atoms with Gasteiger partial charge in [0.15, 0.2) is 0 Å². The smallest absolute Gasteiger partial charge is 0.123 e. The molecule has 2 rings (SSSR count). The predicted molar refractivity (Wildman–Crippen MR) is 69.8 cm³/mol. The van der Waals surface area contributed by atoms with Gasteiger partial charge in [0.1, 0.15) is 11.6 Å². The summed E-state index contributed by atoms with van der Waals surface area (Å²) in [5, 5.41) is 0. The molecule has 0 saturated heterocycles. The van der Waals surface area contributed by atoms with Crippen molar-refractivity contribution >= 4 is 0 Å². The molecular formula is C14H18FN3. The summed E-state index contributed by atoms with van der Waals surface area (Å²) in [5.41, 5.74) is 7.08. The SMILES string of the molecule is CCc1nccn1C(c1ccc(F)cc1)C(C)N. The molecule has 0 amide bonds. The van der Waals surface area contributed by atoms with Gasteiger partial charge in [0.05, 0.1) is 6.04 Å². The molecule has 0 fully saturated rings. The summed E-state index contributed by atoms with van der Waals surface area (Å²) in [5.74, 6) is 0.755. The van der Waals surface area contributed by atoms with Gasteiger partial charge in [-0.3, -0.25) is 0 Å². The van der Waals surface area contributed by atoms with E-state index in [1.165, 1.54) is 12.1 Å². The van der Waals surface area contributed by atoms with E-state index in [2.05, 4.69) is 16.5 Å². The van der Waals surface area contributed by atoms with Crippen LogP contribution in [0.5, 0.6) is 0 Å². The molecule has 18 heavy (non-hydrogen) atoms. The van der Waals surface area contributed by atoms with Crippen molar-refractivity contribution in [3.63, 3.8) is 0 Å². The van der Waals surface area contributed by atoms with Crippen LogP contribution in [-0.4, -0.2) is 15.6 Å². The Balaban J connectivity index is 2.43. The maximum atomic E-state index is 13.0. The lowest BCUT2D eigenvalue weighted by Crippen LogP contribution is -2.31. The summed E-state index contributed by atoms with van der Waals surface area (Å²) in [7, 11) is 0. The van der Waals surface area contributed by atoms with Gasteiger partial charge in [-0.15, -0.1) is 0 Å². The molecule has 2 N–H and O–H groups in total. The molecule has 2 aromatic rings. The summed E-state index contributed by atoms with van der Waals surface area (Å²) in [6, 6.07) is 6.41. The zero-order valence-electron chi connectivity index (χ0n) is 10.7. The number of halogens is 1. The molecule has 2 atom stereocenters. The molecular weight excluding hydrogens is 229 g/mol. The van der Waals surface area contributed by atoms with Crippen LogP contribution >= 0.6 is 0 Å². The Morgan fingerprint density at radius 1 is 1.33 bits per heavy atom. The van der Waals surface area contributed by atoms with Crippen LogP contribution in [0.1, 0.15) is 31.3 Å². The quantitative estimate of drug-likeness (QED) is 0.902. The third-order valence-electron chi connectivity index (χ3n) is 3.07. The first-order valence-electron chi connectivity index (χ1n) is 6.16. The highest BCUT2D eigenvalue weighted by Gasteiger charge is 2.20. The van der Waals surface area contributed by atoms with E-state index in [1.807, 2.05) is 13.1 Å². The normalized spacial score (nSPS) is 14.4. The second kappa shape index (κ2) is 5.31. The first-order valence-corrected chi connectivity index (χ1v) is 6.16. The Bertz CT molecular complexity index is 502. The summed E-state index contributed by atoms with van der Waals surface area (Å²) < 4.78 is 15.1. The van der Waals surface area contributed by atoms with E-state index >= 15 is 0 Å². The first kappa shape index (κ1) is 12.8. The largest absolute Gasteiger partial charge is 0.326 e. The summed E-state index contributed by atoms with van der Waals surface area (Å²) in [6.07, 6.45) is 4.55. The monoisotopic (exact) mass is 247 g/mol. The molecule has 1 aromatic heterocycles. The van der Waals surface area contributed by atoms with Crippen LogP contribution in [0.2, 0.25) is 0 Å². The van der Waals surface area contributed by atoms with E-state index < -0.39 is 0 Å². The number of aryl methyl sites for hydroxylation is 1. The van der Waals surface area contributed by atoms with Gasteiger partial charge in [0, 0.05) is 24.9 Å². The zero-order chi connectivity index (χ0) is 13.1. The fourth-order valence-electron chi connectivity index (χ4n) is 2.25. The van der Waals surface area contributed by atoms with Gasteiger partial charge < -0.3 is 10.3 Å². The Hall–Kier alpha value is -1.68. The average molecular weight is 247 g/mol. The highest BCUT2D eigenvalue weighted by Crippen LogP contribution is 2.23. The minimum Gasteiger partial charge on any atom is -0.326 e. The lowest BCUT2D eigenvalue weighted by atomic mass is 10.0. The van der Waals surface area contributed by atoms with Crippen LogP contribution in [0.3, 0.4) is 0 Å². The van der Waals surface area contributed by atoms with E-state index in [0.29, 0.717) is 0 Å². The number of nitrogens with zero attached hydrogens (tertiary/aromatic N) is 2. The molecule has 4 heteroatoms. The van der Waals surface area contributed by atoms with Crippen molar-refractivity contribution < 1.29 is 4.39 Å². The number of rotatable bonds is 4. The Kier molecular flexibility index (Phi) is 3.77. The lowest BCUT2D eigenvalue weighted by Gasteiger charge is -2.24. The lowest BCUT2D eigenvalue weighted by molar-refractivity contribution is 0.480. The van der Waals surface area contributed by atoms with Crippen LogP contribution in [-0.2, 0) is 6.42 Å². The number of benzene rings is 1. The minimum atomic E-state index is -0.233. The van der Waals surface area contributed by atoms with Gasteiger partial charge >= 0.3 is 0 Å². The molecule has 1 heterocycles. The summed E-state index contributed by atoms with van der Waals surface area (Å²) >= 11 is 0. The van der Waals surface area contributed by atoms with Crippen molar-refractivity contribution in [3.8, 4) is 0 Å². The van der Waals surface area contributed by atoms with Crippen molar-refractivity contribution in [1.29, 1.82) is 0 Å². The zero-order valence-corrected chi connectivity index (χ0v) is 10.7. The summed E-state index contributed by atoms with van der Waals surface area (Å²) in [4.78, 5) is 4.31. The molecule has 0 aliphatic rings. The van der Waals surface area contributed by atoms with Gasteiger partial charge in [-0.2, -0.15) is 0 Å².